The van der Waals surface area contributed by atoms with Gasteiger partial charge in [-0.25, -0.2) is 8.78 Å². The number of nitrogens with two attached hydrogens (primary N) is 1. The molecule has 0 unspecified atom stereocenters. The van der Waals surface area contributed by atoms with Crippen molar-refractivity contribution in [3.05, 3.63) is 35.9 Å². The van der Waals surface area contributed by atoms with Crippen LogP contribution < -0.4 is 5.73 Å². The Labute approximate surface area is 104 Å². The van der Waals surface area contributed by atoms with Gasteiger partial charge in [0.15, 0.2) is 0 Å². The molecule has 0 aliphatic rings. The minimum absolute atomic E-state index is 0.306. The second-order valence-corrected chi connectivity index (χ2v) is 4.48. The first-order valence-corrected chi connectivity index (χ1v) is 5.62. The number of anilines is 1. The molecular weight excluding hydrogens is 236 g/mol. The highest BCUT2D eigenvalue weighted by molar-refractivity contribution is 5.66. The van der Waals surface area contributed by atoms with Crippen LogP contribution in [0.4, 0.5) is 14.6 Å². The summed E-state index contributed by atoms with van der Waals surface area (Å²) in [6, 6.07) is 8.71. The van der Waals surface area contributed by atoms with Crippen molar-refractivity contribution in [2.45, 2.75) is 19.3 Å². The van der Waals surface area contributed by atoms with Crippen LogP contribution in [0, 0.1) is 0 Å². The summed E-state index contributed by atoms with van der Waals surface area (Å²) >= 11 is 0. The Morgan fingerprint density at radius 2 is 2.00 bits per heavy atom. The average Bonchev–Trinajstić information content (AvgIpc) is 2.57. The van der Waals surface area contributed by atoms with Gasteiger partial charge < -0.3 is 5.73 Å². The summed E-state index contributed by atoms with van der Waals surface area (Å²) in [5.74, 6) is -2.24. The van der Waals surface area contributed by atoms with Gasteiger partial charge in [-0.1, -0.05) is 24.3 Å². The van der Waals surface area contributed by atoms with E-state index in [1.54, 1.807) is 37.4 Å². The Balaban J connectivity index is 2.44. The molecule has 0 atom stereocenters. The first kappa shape index (κ1) is 12.5. The number of nitrogen functional groups attached to an aromatic ring is 1. The minimum atomic E-state index is -2.74. The zero-order chi connectivity index (χ0) is 13.3. The lowest BCUT2D eigenvalue weighted by Gasteiger charge is -2.12. The molecular formula is C13H15F2N3. The van der Waals surface area contributed by atoms with E-state index in [0.717, 1.165) is 6.92 Å². The number of nitrogens with zero attached hydrogens (tertiary/aromatic N) is 2. The minimum Gasteiger partial charge on any atom is -0.384 e. The number of hydrogen-bond donors (Lipinski definition) is 1. The van der Waals surface area contributed by atoms with Crippen molar-refractivity contribution < 1.29 is 8.78 Å². The monoisotopic (exact) mass is 251 g/mol. The van der Waals surface area contributed by atoms with E-state index in [4.69, 9.17) is 5.73 Å². The van der Waals surface area contributed by atoms with Crippen molar-refractivity contribution >= 4 is 5.82 Å². The van der Waals surface area contributed by atoms with Crippen molar-refractivity contribution in [3.63, 3.8) is 0 Å². The van der Waals surface area contributed by atoms with E-state index in [9.17, 15) is 8.78 Å². The lowest BCUT2D eigenvalue weighted by Crippen LogP contribution is -2.14. The van der Waals surface area contributed by atoms with Crippen molar-refractivity contribution in [1.29, 1.82) is 0 Å². The van der Waals surface area contributed by atoms with Crippen molar-refractivity contribution in [1.82, 2.24) is 9.78 Å². The lowest BCUT2D eigenvalue weighted by atomic mass is 9.99. The molecule has 96 valence electrons. The third-order valence-corrected chi connectivity index (χ3v) is 2.71. The average molecular weight is 251 g/mol. The van der Waals surface area contributed by atoms with Gasteiger partial charge in [0.25, 0.3) is 0 Å². The summed E-state index contributed by atoms with van der Waals surface area (Å²) in [4.78, 5) is 0. The quantitative estimate of drug-likeness (QED) is 0.911. The smallest absolute Gasteiger partial charge is 0.249 e. The molecule has 1 aromatic heterocycles. The maximum Gasteiger partial charge on any atom is 0.249 e. The van der Waals surface area contributed by atoms with Gasteiger partial charge in [0.05, 0.1) is 5.69 Å². The van der Waals surface area contributed by atoms with Crippen LogP contribution in [0.3, 0.4) is 0 Å². The van der Waals surface area contributed by atoms with E-state index in [2.05, 4.69) is 5.10 Å². The van der Waals surface area contributed by atoms with Gasteiger partial charge in [0, 0.05) is 25.1 Å². The van der Waals surface area contributed by atoms with Gasteiger partial charge in [-0.2, -0.15) is 5.10 Å². The Bertz CT molecular complexity index is 536. The number of alkyl halides is 2. The van der Waals surface area contributed by atoms with Crippen molar-refractivity contribution in [2.75, 3.05) is 5.73 Å². The van der Waals surface area contributed by atoms with Crippen LogP contribution in [0.1, 0.15) is 12.5 Å². The van der Waals surface area contributed by atoms with Crippen molar-refractivity contribution in [3.8, 4) is 11.3 Å². The van der Waals surface area contributed by atoms with Gasteiger partial charge in [-0.05, 0) is 12.5 Å². The molecule has 0 aliphatic carbocycles. The number of rotatable bonds is 3. The maximum absolute atomic E-state index is 13.1. The predicted octanol–water partition coefficient (Wildman–Crippen LogP) is 2.87. The highest BCUT2D eigenvalue weighted by Gasteiger charge is 2.23. The number of aromatic nitrogens is 2. The molecule has 3 nitrogen and oxygen atoms in total. The molecule has 2 N–H and O–H groups in total. The Hall–Kier alpha value is -1.91. The fraction of sp³-hybridized carbons (Fsp3) is 0.308. The molecule has 0 radical (unpaired) electrons. The summed E-state index contributed by atoms with van der Waals surface area (Å²) in [5, 5.41) is 4.22. The molecule has 0 amide bonds. The fourth-order valence-corrected chi connectivity index (χ4v) is 1.87. The standard InChI is InChI=1S/C13H15F2N3/c1-13(14,15)8-9-5-3-4-6-10(9)11-7-12(16)18(2)17-11/h3-7H,8,16H2,1-2H3. The second kappa shape index (κ2) is 4.40. The molecule has 0 saturated carbocycles. The van der Waals surface area contributed by atoms with Gasteiger partial charge in [-0.3, -0.25) is 4.68 Å². The van der Waals surface area contributed by atoms with Crippen LogP contribution in [-0.2, 0) is 13.5 Å². The van der Waals surface area contributed by atoms with Gasteiger partial charge in [0.2, 0.25) is 5.92 Å². The zero-order valence-electron chi connectivity index (χ0n) is 10.3. The lowest BCUT2D eigenvalue weighted by molar-refractivity contribution is 0.0227. The Morgan fingerprint density at radius 3 is 2.56 bits per heavy atom. The SMILES string of the molecule is Cn1nc(-c2ccccc2CC(C)(F)F)cc1N. The molecule has 1 heterocycles. The summed E-state index contributed by atoms with van der Waals surface area (Å²) in [5.41, 5.74) is 7.60. The molecule has 2 rings (SSSR count). The highest BCUT2D eigenvalue weighted by Crippen LogP contribution is 2.28. The third-order valence-electron chi connectivity index (χ3n) is 2.71. The molecule has 5 heteroatoms. The van der Waals surface area contributed by atoms with Crippen LogP contribution in [0.15, 0.2) is 30.3 Å². The van der Waals surface area contributed by atoms with Crippen LogP contribution in [-0.4, -0.2) is 15.7 Å². The van der Waals surface area contributed by atoms with E-state index in [1.807, 2.05) is 0 Å². The first-order chi connectivity index (χ1) is 8.37. The van der Waals surface area contributed by atoms with Crippen LogP contribution >= 0.6 is 0 Å². The first-order valence-electron chi connectivity index (χ1n) is 5.62. The number of benzene rings is 1. The zero-order valence-corrected chi connectivity index (χ0v) is 10.3. The Kier molecular flexibility index (Phi) is 3.07. The summed E-state index contributed by atoms with van der Waals surface area (Å²) in [7, 11) is 1.72. The van der Waals surface area contributed by atoms with Gasteiger partial charge in [0.1, 0.15) is 5.82 Å². The van der Waals surface area contributed by atoms with E-state index in [1.165, 1.54) is 4.68 Å². The molecule has 1 aromatic carbocycles. The van der Waals surface area contributed by atoms with Crippen molar-refractivity contribution in [2.24, 2.45) is 7.05 Å². The molecule has 2 aromatic rings. The third kappa shape index (κ3) is 2.67. The van der Waals surface area contributed by atoms with Gasteiger partial charge >= 0.3 is 0 Å². The molecule has 18 heavy (non-hydrogen) atoms. The van der Waals surface area contributed by atoms with E-state index >= 15 is 0 Å². The predicted molar refractivity (Wildman–Crippen MR) is 67.4 cm³/mol. The molecule has 0 saturated heterocycles. The van der Waals surface area contributed by atoms with E-state index < -0.39 is 5.92 Å². The fourth-order valence-electron chi connectivity index (χ4n) is 1.87. The highest BCUT2D eigenvalue weighted by atomic mass is 19.3. The van der Waals surface area contributed by atoms with Crippen LogP contribution in [0.5, 0.6) is 0 Å². The van der Waals surface area contributed by atoms with E-state index in [0.29, 0.717) is 22.6 Å². The van der Waals surface area contributed by atoms with Crippen LogP contribution in [0.25, 0.3) is 11.3 Å². The second-order valence-electron chi connectivity index (χ2n) is 4.48. The topological polar surface area (TPSA) is 43.8 Å². The Morgan fingerprint density at radius 1 is 1.33 bits per heavy atom. The number of halogens is 2. The normalized spacial score (nSPS) is 11.8. The molecule has 0 aliphatic heterocycles. The number of aryl methyl sites for hydroxylation is 1. The summed E-state index contributed by atoms with van der Waals surface area (Å²) in [6.07, 6.45) is -0.306. The molecule has 0 fully saturated rings. The number of hydrogen-bond acceptors (Lipinski definition) is 2. The maximum atomic E-state index is 13.1. The van der Waals surface area contributed by atoms with Crippen LogP contribution in [0.2, 0.25) is 0 Å². The molecule has 0 spiro atoms. The largest absolute Gasteiger partial charge is 0.384 e. The summed E-state index contributed by atoms with van der Waals surface area (Å²) in [6.45, 7) is 0.913. The van der Waals surface area contributed by atoms with Gasteiger partial charge in [-0.15, -0.1) is 0 Å². The van der Waals surface area contributed by atoms with E-state index in [-0.39, 0.29) is 6.42 Å². The molecule has 0 bridgehead atoms. The summed E-state index contributed by atoms with van der Waals surface area (Å²) < 4.78 is 27.8.